The smallest absolute Gasteiger partial charge is 0.303 e. The predicted octanol–water partition coefficient (Wildman–Crippen LogP) is 7.11. The second-order valence-corrected chi connectivity index (χ2v) is 29.1. The number of aromatic amines is 1. The van der Waals surface area contributed by atoms with Gasteiger partial charge in [-0.05, 0) is 147 Å². The number of aliphatic imine (C=N–C) groups is 1. The van der Waals surface area contributed by atoms with E-state index in [1.165, 1.54) is 11.3 Å². The Hall–Kier alpha value is -10.4. The maximum Gasteiger partial charge on any atom is 0.303 e. The summed E-state index contributed by atoms with van der Waals surface area (Å²) in [5, 5.41) is 28.0. The van der Waals surface area contributed by atoms with Crippen molar-refractivity contribution < 1.29 is 52.8 Å². The molecule has 0 saturated carbocycles. The van der Waals surface area contributed by atoms with E-state index in [1.54, 1.807) is 64.1 Å². The number of H-pyrrole nitrogens is 1. The molecule has 0 spiro atoms. The average molecular weight is 1470 g/mol. The number of hydrogen-bond donors (Lipinski definition) is 6. The minimum atomic E-state index is -0.719. The number of carbonyl (C=O) groups excluding carboxylic acids is 5. The summed E-state index contributed by atoms with van der Waals surface area (Å²) >= 11 is 0. The van der Waals surface area contributed by atoms with E-state index in [9.17, 15) is 38.4 Å². The summed E-state index contributed by atoms with van der Waals surface area (Å²) in [4.78, 5) is 112. The van der Waals surface area contributed by atoms with Crippen molar-refractivity contribution in [2.45, 2.75) is 110 Å². The maximum absolute atomic E-state index is 13.4. The van der Waals surface area contributed by atoms with Crippen molar-refractivity contribution in [3.05, 3.63) is 139 Å². The lowest BCUT2D eigenvalue weighted by molar-refractivity contribution is -0.139. The number of piperidine rings is 4. The Bertz CT molecular complexity index is 4560. The molecule has 0 radical (unpaired) electrons. The number of ether oxygens (including phenoxy) is 4. The number of anilines is 3. The number of methoxy groups -OCH3 is 4. The van der Waals surface area contributed by atoms with Gasteiger partial charge in [0.25, 0.3) is 11.1 Å². The number of amides is 5. The van der Waals surface area contributed by atoms with Gasteiger partial charge in [0.2, 0.25) is 29.5 Å². The number of imide groups is 2. The first-order valence-electron chi connectivity index (χ1n) is 37.2. The number of aryl methyl sites for hydroxylation is 4. The van der Waals surface area contributed by atoms with Crippen LogP contribution in [0.15, 0.2) is 93.8 Å². The molecule has 27 nitrogen and oxygen atoms in total. The second kappa shape index (κ2) is 34.5. The molecule has 2 unspecified atom stereocenters. The fourth-order valence-corrected chi connectivity index (χ4v) is 15.9. The number of nitrogens with zero attached hydrogens (tertiary/aromatic N) is 9. The number of nitrogens with one attached hydrogen (secondary N) is 5. The molecule has 7 aliphatic heterocycles. The summed E-state index contributed by atoms with van der Waals surface area (Å²) in [5.41, 5.74) is 14.2. The molecule has 6 saturated heterocycles. The van der Waals surface area contributed by atoms with Crippen LogP contribution in [0, 0.1) is 31.6 Å². The number of piperazine rings is 2. The van der Waals surface area contributed by atoms with E-state index < -0.39 is 5.97 Å². The molecular formula is C80H100N14O13. The first kappa shape index (κ1) is 76.3. The Morgan fingerprint density at radius 2 is 1.13 bits per heavy atom. The van der Waals surface area contributed by atoms with Crippen LogP contribution >= 0.6 is 0 Å². The fourth-order valence-electron chi connectivity index (χ4n) is 15.9. The van der Waals surface area contributed by atoms with Crippen LogP contribution in [0.2, 0.25) is 0 Å². The molecular weight excluding hydrogens is 1360 g/mol. The van der Waals surface area contributed by atoms with E-state index in [1.807, 2.05) is 66.7 Å². The molecule has 5 amide bonds. The van der Waals surface area contributed by atoms with Crippen LogP contribution in [-0.4, -0.2) is 194 Å². The topological polar surface area (TPSA) is 309 Å². The summed E-state index contributed by atoms with van der Waals surface area (Å²) in [6.45, 7) is 16.4. The predicted molar refractivity (Wildman–Crippen MR) is 410 cm³/mol. The Balaban J connectivity index is 0.000000166. The van der Waals surface area contributed by atoms with Crippen LogP contribution < -0.4 is 61.1 Å². The Labute approximate surface area is 622 Å². The summed E-state index contributed by atoms with van der Waals surface area (Å²) < 4.78 is 26.4. The zero-order valence-electron chi connectivity index (χ0n) is 62.6. The van der Waals surface area contributed by atoms with Crippen LogP contribution in [-0.2, 0) is 68.9 Å². The zero-order chi connectivity index (χ0) is 75.6. The van der Waals surface area contributed by atoms with Crippen molar-refractivity contribution >= 4 is 69.7 Å². The van der Waals surface area contributed by atoms with E-state index in [2.05, 4.69) is 81.2 Å². The van der Waals surface area contributed by atoms with E-state index in [0.717, 1.165) is 182 Å². The molecule has 107 heavy (non-hydrogen) atoms. The Morgan fingerprint density at radius 1 is 0.598 bits per heavy atom. The number of carboxylic acids is 1. The quantitative estimate of drug-likeness (QED) is 0.0414. The van der Waals surface area contributed by atoms with Gasteiger partial charge >= 0.3 is 5.97 Å². The van der Waals surface area contributed by atoms with Crippen LogP contribution in [0.5, 0.6) is 23.0 Å². The molecule has 7 aromatic rings. The molecule has 10 heterocycles. The number of carbonyl (C=O) groups is 6. The molecule has 7 aliphatic rings. The second-order valence-electron chi connectivity index (χ2n) is 29.1. The number of benzene rings is 4. The van der Waals surface area contributed by atoms with E-state index in [-0.39, 0.29) is 65.0 Å². The molecule has 6 N–H and O–H groups in total. The number of hydrogen-bond acceptors (Lipinski definition) is 20. The van der Waals surface area contributed by atoms with Crippen molar-refractivity contribution in [1.29, 1.82) is 0 Å². The highest BCUT2D eigenvalue weighted by Crippen LogP contribution is 2.41. The van der Waals surface area contributed by atoms with Crippen LogP contribution in [0.3, 0.4) is 0 Å². The molecule has 2 atom stereocenters. The van der Waals surface area contributed by atoms with Crippen LogP contribution in [0.4, 0.5) is 17.1 Å². The number of rotatable bonds is 20. The van der Waals surface area contributed by atoms with Crippen molar-refractivity contribution in [2.24, 2.45) is 36.8 Å². The van der Waals surface area contributed by atoms with Gasteiger partial charge in [-0.1, -0.05) is 12.1 Å². The minimum absolute atomic E-state index is 0.00510. The SMILES string of the molecule is COc1cc(-c2cn(C)c(=O)c3[nH]ncc23)cc(OC)c1CN1CCN(C(=O)CC2CCN(c3ccc(CC4CCC(=O)NC4=O)cc3C)CC2)CC1.COc1cc(-c2cn(C)c(=O)c3c2C=NC3)cc(OC)c1CN1CCNCC1.Cc1cc(NC2CCC(=O)NC2=O)ccc1N1CCC(CC(=O)O)CC1. The van der Waals surface area contributed by atoms with Crippen molar-refractivity contribution in [2.75, 3.05) is 122 Å². The molecule has 4 aromatic carbocycles. The lowest BCUT2D eigenvalue weighted by Crippen LogP contribution is -2.49. The number of carboxylic acid groups (broad SMARTS) is 1. The van der Waals surface area contributed by atoms with E-state index in [0.29, 0.717) is 87.6 Å². The maximum atomic E-state index is 13.4. The van der Waals surface area contributed by atoms with Gasteiger partial charge in [-0.3, -0.25) is 68.9 Å². The highest BCUT2D eigenvalue weighted by atomic mass is 16.5. The molecule has 3 aromatic heterocycles. The standard InChI is InChI=1S/C40H49N7O6.C21H26N4O3.C19H25N3O4/c1-25-17-27(18-28-6-8-36(48)42-39(28)50)5-7-33(25)46-11-9-26(10-12-46)19-37(49)47-15-13-45(14-16-47)24-32-34(52-3)20-29(21-35(32)53-4)31-23-44(2)40(51)38-30(31)22-41-43-38;1-24-12-17(15-10-23-11-16(15)21(24)26)14-8-19(27-2)18(20(9-14)28-3)13-25-6-4-22-5-7-25;1-12-10-14(20-15-3-5-17(23)21-19(15)26)2-4-16(12)22-8-6-13(7-9-22)11-18(24)25/h5,7,17,20-23,26,28H,6,8-16,18-19,24H2,1-4H3,(H,41,43)(H,42,48,50);8-10,12,22H,4-7,11,13H2,1-3H3;2,4,10,13,15,20H,3,5-9,11H2,1H3,(H,24,25)(H,21,23,26). The van der Waals surface area contributed by atoms with Crippen molar-refractivity contribution in [3.63, 3.8) is 0 Å². The lowest BCUT2D eigenvalue weighted by atomic mass is 9.90. The first-order chi connectivity index (χ1) is 51.6. The van der Waals surface area contributed by atoms with Gasteiger partial charge in [0.05, 0.1) is 52.3 Å². The highest BCUT2D eigenvalue weighted by molar-refractivity contribution is 6.02. The van der Waals surface area contributed by atoms with Gasteiger partial charge in [-0.15, -0.1) is 0 Å². The zero-order valence-corrected chi connectivity index (χ0v) is 62.6. The number of aliphatic carboxylic acids is 1. The lowest BCUT2D eigenvalue weighted by Gasteiger charge is -2.37. The average Bonchev–Trinajstić information content (AvgIpc) is 1.75. The van der Waals surface area contributed by atoms with Crippen LogP contribution in [0.1, 0.15) is 103 Å². The molecule has 27 heteroatoms. The monoisotopic (exact) mass is 1460 g/mol. The summed E-state index contributed by atoms with van der Waals surface area (Å²) in [5.74, 6) is 2.15. The largest absolute Gasteiger partial charge is 0.496 e. The Kier molecular flexibility index (Phi) is 24.6. The summed E-state index contributed by atoms with van der Waals surface area (Å²) in [7, 11) is 10.2. The van der Waals surface area contributed by atoms with E-state index in [4.69, 9.17) is 24.1 Å². The summed E-state index contributed by atoms with van der Waals surface area (Å²) in [6.07, 6.45) is 14.2. The number of aromatic nitrogens is 4. The van der Waals surface area contributed by atoms with Crippen molar-refractivity contribution in [1.82, 2.24) is 50.0 Å². The van der Waals surface area contributed by atoms with Gasteiger partial charge in [0.1, 0.15) is 34.6 Å². The van der Waals surface area contributed by atoms with Gasteiger partial charge in [-0.2, -0.15) is 5.10 Å². The third-order valence-corrected chi connectivity index (χ3v) is 22.0. The van der Waals surface area contributed by atoms with Gasteiger partial charge in [0.15, 0.2) is 0 Å². The molecule has 568 valence electrons. The van der Waals surface area contributed by atoms with Gasteiger partial charge < -0.3 is 58.5 Å². The number of fused-ring (bicyclic) bond motifs is 2. The molecule has 0 bridgehead atoms. The van der Waals surface area contributed by atoms with Gasteiger partial charge in [0, 0.05) is 201 Å². The molecule has 14 rings (SSSR count). The van der Waals surface area contributed by atoms with Crippen LogP contribution in [0.25, 0.3) is 33.2 Å². The number of pyridine rings is 2. The third kappa shape index (κ3) is 18.0. The first-order valence-corrected chi connectivity index (χ1v) is 37.2. The minimum Gasteiger partial charge on any atom is -0.496 e. The van der Waals surface area contributed by atoms with Gasteiger partial charge in [-0.25, -0.2) is 0 Å². The Morgan fingerprint density at radius 3 is 1.69 bits per heavy atom. The van der Waals surface area contributed by atoms with E-state index >= 15 is 0 Å². The molecule has 6 fully saturated rings. The fraction of sp³-hybridized carbons (Fsp3) is 0.475. The normalized spacial score (nSPS) is 18.7. The highest BCUT2D eigenvalue weighted by Gasteiger charge is 2.32. The summed E-state index contributed by atoms with van der Waals surface area (Å²) in [6, 6.07) is 20.1. The van der Waals surface area contributed by atoms with Crippen molar-refractivity contribution in [3.8, 4) is 45.3 Å². The molecule has 0 aliphatic carbocycles. The third-order valence-electron chi connectivity index (χ3n) is 22.0.